The monoisotopic (exact) mass is 148 g/mol. The molecule has 0 aromatic heterocycles. The summed E-state index contributed by atoms with van der Waals surface area (Å²) < 4.78 is 4.76. The summed E-state index contributed by atoms with van der Waals surface area (Å²) in [5.74, 6) is -0.0232. The van der Waals surface area contributed by atoms with Gasteiger partial charge in [-0.1, -0.05) is 13.8 Å². The highest BCUT2D eigenvalue weighted by molar-refractivity contribution is 5.71. The predicted octanol–water partition coefficient (Wildman–Crippen LogP) is 0.771. The van der Waals surface area contributed by atoms with Crippen molar-refractivity contribution in [2.45, 2.75) is 27.2 Å². The molecule has 3 heteroatoms. The minimum absolute atomic E-state index is 0. The van der Waals surface area contributed by atoms with Crippen LogP contribution in [0.25, 0.3) is 0 Å². The van der Waals surface area contributed by atoms with Gasteiger partial charge in [-0.3, -0.25) is 4.79 Å². The van der Waals surface area contributed by atoms with Crippen molar-refractivity contribution >= 4 is 5.97 Å². The van der Waals surface area contributed by atoms with Gasteiger partial charge in [0.25, 0.3) is 0 Å². The number of carbonyl (C=O) groups excluding carboxylic acids is 1. The molecule has 0 aromatic rings. The maximum absolute atomic E-state index is 10.8. The summed E-state index contributed by atoms with van der Waals surface area (Å²) in [4.78, 5) is 10.8. The van der Waals surface area contributed by atoms with Crippen LogP contribution in [0.5, 0.6) is 0 Å². The van der Waals surface area contributed by atoms with Crippen LogP contribution in [0.3, 0.4) is 0 Å². The summed E-state index contributed by atoms with van der Waals surface area (Å²) in [5, 5.41) is 0. The summed E-state index contributed by atoms with van der Waals surface area (Å²) >= 11 is 0. The second-order valence-electron chi connectivity index (χ2n) is 2.06. The van der Waals surface area contributed by atoms with Crippen molar-refractivity contribution in [2.24, 2.45) is 5.92 Å². The van der Waals surface area contributed by atoms with Gasteiger partial charge < -0.3 is 10.2 Å². The van der Waals surface area contributed by atoms with Crippen molar-refractivity contribution in [3.05, 3.63) is 0 Å². The lowest BCUT2D eigenvalue weighted by atomic mass is 10.1. The highest BCUT2D eigenvalue weighted by Gasteiger charge is 2.09. The number of ether oxygens (including phenoxy) is 1. The summed E-state index contributed by atoms with van der Waals surface area (Å²) in [6.45, 7) is 6.16. The zero-order chi connectivity index (χ0) is 7.28. The highest BCUT2D eigenvalue weighted by atomic mass is 16.5. The molecule has 0 spiro atoms. The van der Waals surface area contributed by atoms with E-state index in [4.69, 9.17) is 4.74 Å². The van der Waals surface area contributed by atoms with E-state index in [1.807, 2.05) is 20.8 Å². The molecule has 0 saturated heterocycles. The first-order chi connectivity index (χ1) is 4.22. The van der Waals surface area contributed by atoms with Gasteiger partial charge in [0.15, 0.2) is 0 Å². The third-order valence-electron chi connectivity index (χ3n) is 1.30. The van der Waals surface area contributed by atoms with Gasteiger partial charge in [-0.2, -0.15) is 0 Å². The number of hydrogen-bond acceptors (Lipinski definition) is 2. The molecule has 0 aliphatic carbocycles. The van der Waals surface area contributed by atoms with Crippen molar-refractivity contribution in [2.75, 3.05) is 6.61 Å². The predicted molar refractivity (Wildman–Crippen MR) is 39.7 cm³/mol. The van der Waals surface area contributed by atoms with Gasteiger partial charge in [0.2, 0.25) is 0 Å². The first-order valence-corrected chi connectivity index (χ1v) is 3.39. The Morgan fingerprint density at radius 1 is 1.50 bits per heavy atom. The minimum Gasteiger partial charge on any atom is -0.466 e. The zero-order valence-corrected chi connectivity index (χ0v) is 6.81. The largest absolute Gasteiger partial charge is 0.466 e. The van der Waals surface area contributed by atoms with Crippen molar-refractivity contribution in [1.29, 1.82) is 0 Å². The van der Waals surface area contributed by atoms with Crippen molar-refractivity contribution in [3.8, 4) is 0 Å². The average Bonchev–Trinajstić information content (AvgIpc) is 1.87. The standard InChI is InChI=1S/C7H14O2.H2O/c1-4-6(3)7(8)9-5-2;/h6H,4-5H2,1-3H3;1H2. The fourth-order valence-electron chi connectivity index (χ4n) is 0.451. The molecule has 10 heavy (non-hydrogen) atoms. The molecule has 1 atom stereocenters. The van der Waals surface area contributed by atoms with Gasteiger partial charge in [0, 0.05) is 0 Å². The summed E-state index contributed by atoms with van der Waals surface area (Å²) in [6, 6.07) is 0. The van der Waals surface area contributed by atoms with Gasteiger partial charge in [-0.15, -0.1) is 0 Å². The van der Waals surface area contributed by atoms with E-state index in [1.54, 1.807) is 0 Å². The maximum atomic E-state index is 10.8. The Hall–Kier alpha value is -0.570. The Balaban J connectivity index is 0. The number of hydrogen-bond donors (Lipinski definition) is 0. The molecule has 0 bridgehead atoms. The fourth-order valence-corrected chi connectivity index (χ4v) is 0.451. The topological polar surface area (TPSA) is 57.8 Å². The van der Waals surface area contributed by atoms with Crippen LogP contribution in [-0.4, -0.2) is 18.1 Å². The minimum atomic E-state index is -0.0833. The van der Waals surface area contributed by atoms with E-state index in [0.29, 0.717) is 6.61 Å². The number of carbonyl (C=O) groups is 1. The van der Waals surface area contributed by atoms with Gasteiger partial charge in [0.05, 0.1) is 12.5 Å². The fraction of sp³-hybridized carbons (Fsp3) is 0.857. The van der Waals surface area contributed by atoms with Gasteiger partial charge in [0.1, 0.15) is 0 Å². The highest BCUT2D eigenvalue weighted by Crippen LogP contribution is 2.01. The summed E-state index contributed by atoms with van der Waals surface area (Å²) in [5.41, 5.74) is 0. The normalized spacial score (nSPS) is 11.5. The molecular weight excluding hydrogens is 132 g/mol. The van der Waals surface area contributed by atoms with Crippen LogP contribution in [0, 0.1) is 5.92 Å². The first-order valence-electron chi connectivity index (χ1n) is 3.39. The number of esters is 1. The molecule has 0 rings (SSSR count). The van der Waals surface area contributed by atoms with Crippen LogP contribution >= 0.6 is 0 Å². The summed E-state index contributed by atoms with van der Waals surface area (Å²) in [7, 11) is 0. The van der Waals surface area contributed by atoms with E-state index in [0.717, 1.165) is 6.42 Å². The molecule has 0 aliphatic rings. The Morgan fingerprint density at radius 2 is 2.00 bits per heavy atom. The van der Waals surface area contributed by atoms with Crippen LogP contribution in [-0.2, 0) is 9.53 Å². The molecule has 0 amide bonds. The molecule has 1 unspecified atom stereocenters. The lowest BCUT2D eigenvalue weighted by molar-refractivity contribution is -0.147. The first kappa shape index (κ1) is 12.1. The third-order valence-corrected chi connectivity index (χ3v) is 1.30. The van der Waals surface area contributed by atoms with Gasteiger partial charge >= 0.3 is 5.97 Å². The summed E-state index contributed by atoms with van der Waals surface area (Å²) in [6.07, 6.45) is 0.860. The van der Waals surface area contributed by atoms with Gasteiger partial charge in [-0.05, 0) is 13.3 Å². The zero-order valence-electron chi connectivity index (χ0n) is 6.81. The molecule has 0 heterocycles. The van der Waals surface area contributed by atoms with Crippen molar-refractivity contribution in [1.82, 2.24) is 0 Å². The Labute approximate surface area is 61.7 Å². The molecule has 62 valence electrons. The SMILES string of the molecule is CCOC(=O)C(C)CC.O. The smallest absolute Gasteiger partial charge is 0.308 e. The van der Waals surface area contributed by atoms with E-state index in [-0.39, 0.29) is 17.4 Å². The molecule has 0 aromatic carbocycles. The van der Waals surface area contributed by atoms with E-state index >= 15 is 0 Å². The third kappa shape index (κ3) is 4.32. The van der Waals surface area contributed by atoms with Crippen molar-refractivity contribution in [3.63, 3.8) is 0 Å². The molecule has 3 nitrogen and oxygen atoms in total. The average molecular weight is 148 g/mol. The van der Waals surface area contributed by atoms with Crippen LogP contribution in [0.1, 0.15) is 27.2 Å². The maximum Gasteiger partial charge on any atom is 0.308 e. The molecule has 0 saturated carbocycles. The van der Waals surface area contributed by atoms with E-state index < -0.39 is 0 Å². The number of rotatable bonds is 3. The van der Waals surface area contributed by atoms with Crippen LogP contribution in [0.2, 0.25) is 0 Å². The molecular formula is C7H16O3. The van der Waals surface area contributed by atoms with E-state index in [1.165, 1.54) is 0 Å². The Bertz CT molecular complexity index is 90.9. The van der Waals surface area contributed by atoms with E-state index in [9.17, 15) is 4.79 Å². The van der Waals surface area contributed by atoms with Crippen LogP contribution in [0.4, 0.5) is 0 Å². The van der Waals surface area contributed by atoms with Crippen molar-refractivity contribution < 1.29 is 15.0 Å². The molecule has 2 N–H and O–H groups in total. The Kier molecular flexibility index (Phi) is 7.95. The van der Waals surface area contributed by atoms with E-state index in [2.05, 4.69) is 0 Å². The lowest BCUT2D eigenvalue weighted by Crippen LogP contribution is -2.13. The van der Waals surface area contributed by atoms with Crippen LogP contribution < -0.4 is 0 Å². The second kappa shape index (κ2) is 6.55. The molecule has 0 radical (unpaired) electrons. The Morgan fingerprint density at radius 3 is 2.30 bits per heavy atom. The molecule has 0 fully saturated rings. The van der Waals surface area contributed by atoms with Crippen LogP contribution in [0.15, 0.2) is 0 Å². The van der Waals surface area contributed by atoms with Gasteiger partial charge in [-0.25, -0.2) is 0 Å². The second-order valence-corrected chi connectivity index (χ2v) is 2.06. The lowest BCUT2D eigenvalue weighted by Gasteiger charge is -2.05. The molecule has 0 aliphatic heterocycles. The quantitative estimate of drug-likeness (QED) is 0.555.